The van der Waals surface area contributed by atoms with Gasteiger partial charge in [-0.1, -0.05) is 43.3 Å². The largest absolute Gasteiger partial charge is 0.493 e. The van der Waals surface area contributed by atoms with Crippen molar-refractivity contribution >= 4 is 0 Å². The fraction of sp³-hybridized carbons (Fsp3) is 0.333. The van der Waals surface area contributed by atoms with Gasteiger partial charge in [0.15, 0.2) is 11.5 Å². The highest BCUT2D eigenvalue weighted by Gasteiger charge is 2.04. The predicted molar refractivity (Wildman–Crippen MR) is 85.8 cm³/mol. The van der Waals surface area contributed by atoms with Crippen LogP contribution in [0.5, 0.6) is 11.5 Å². The Bertz CT molecular complexity index is 569. The second-order valence-corrected chi connectivity index (χ2v) is 5.09. The van der Waals surface area contributed by atoms with Crippen molar-refractivity contribution in [2.75, 3.05) is 20.7 Å². The third-order valence-electron chi connectivity index (χ3n) is 3.45. The molecule has 0 fully saturated rings. The fourth-order valence-corrected chi connectivity index (χ4v) is 2.14. The van der Waals surface area contributed by atoms with Crippen LogP contribution in [0.15, 0.2) is 48.5 Å². The van der Waals surface area contributed by atoms with Crippen LogP contribution in [-0.4, -0.2) is 25.6 Å². The van der Waals surface area contributed by atoms with E-state index in [0.717, 1.165) is 24.6 Å². The van der Waals surface area contributed by atoms with Crippen LogP contribution in [0.3, 0.4) is 0 Å². The summed E-state index contributed by atoms with van der Waals surface area (Å²) in [6.45, 7) is 4.71. The molecule has 0 amide bonds. The number of methoxy groups -OCH3 is 1. The lowest BCUT2D eigenvalue weighted by atomic mass is 10.1. The van der Waals surface area contributed by atoms with Crippen molar-refractivity contribution in [3.63, 3.8) is 0 Å². The number of ether oxygens (including phenoxy) is 2. The fourth-order valence-electron chi connectivity index (χ4n) is 2.14. The van der Waals surface area contributed by atoms with Gasteiger partial charge in [0.1, 0.15) is 6.61 Å². The first-order valence-corrected chi connectivity index (χ1v) is 7.25. The van der Waals surface area contributed by atoms with E-state index in [1.54, 1.807) is 7.11 Å². The molecule has 0 aliphatic carbocycles. The number of hydrogen-bond donors (Lipinski definition) is 0. The van der Waals surface area contributed by atoms with E-state index >= 15 is 0 Å². The van der Waals surface area contributed by atoms with Gasteiger partial charge in [0.2, 0.25) is 0 Å². The van der Waals surface area contributed by atoms with Gasteiger partial charge in [0, 0.05) is 6.54 Å². The molecule has 112 valence electrons. The Balaban J connectivity index is 2.01. The minimum atomic E-state index is 0.546. The molecule has 0 aliphatic heterocycles. The molecular formula is C18H23NO2. The van der Waals surface area contributed by atoms with E-state index in [4.69, 9.17) is 9.47 Å². The minimum Gasteiger partial charge on any atom is -0.493 e. The lowest BCUT2D eigenvalue weighted by molar-refractivity contribution is 0.284. The zero-order valence-electron chi connectivity index (χ0n) is 13.0. The van der Waals surface area contributed by atoms with Crippen molar-refractivity contribution < 1.29 is 9.47 Å². The van der Waals surface area contributed by atoms with Crippen LogP contribution in [-0.2, 0) is 13.2 Å². The van der Waals surface area contributed by atoms with Crippen molar-refractivity contribution in [1.82, 2.24) is 4.90 Å². The van der Waals surface area contributed by atoms with Gasteiger partial charge < -0.3 is 14.4 Å². The number of para-hydroxylation sites is 2. The van der Waals surface area contributed by atoms with E-state index in [0.29, 0.717) is 6.61 Å². The summed E-state index contributed by atoms with van der Waals surface area (Å²) in [5, 5.41) is 0. The van der Waals surface area contributed by atoms with Crippen molar-refractivity contribution in [2.24, 2.45) is 0 Å². The molecule has 0 bridgehead atoms. The first kappa shape index (κ1) is 15.4. The van der Waals surface area contributed by atoms with Gasteiger partial charge >= 0.3 is 0 Å². The van der Waals surface area contributed by atoms with Gasteiger partial charge in [-0.05, 0) is 36.9 Å². The molecule has 21 heavy (non-hydrogen) atoms. The van der Waals surface area contributed by atoms with Crippen LogP contribution in [0, 0.1) is 0 Å². The number of hydrogen-bond acceptors (Lipinski definition) is 3. The van der Waals surface area contributed by atoms with Crippen molar-refractivity contribution in [2.45, 2.75) is 20.1 Å². The van der Waals surface area contributed by atoms with E-state index in [1.165, 1.54) is 11.1 Å². The van der Waals surface area contributed by atoms with Crippen LogP contribution >= 0.6 is 0 Å². The van der Waals surface area contributed by atoms with E-state index in [-0.39, 0.29) is 0 Å². The van der Waals surface area contributed by atoms with E-state index in [9.17, 15) is 0 Å². The Labute approximate surface area is 127 Å². The zero-order valence-corrected chi connectivity index (χ0v) is 13.0. The maximum atomic E-state index is 5.86. The molecule has 2 rings (SSSR count). The standard InChI is InChI=1S/C18H23NO2/c1-4-19(2)13-15-8-7-9-16(12-15)14-21-18-11-6-5-10-17(18)20-3/h5-12H,4,13-14H2,1-3H3. The molecule has 0 spiro atoms. The normalized spacial score (nSPS) is 10.7. The summed E-state index contributed by atoms with van der Waals surface area (Å²) >= 11 is 0. The van der Waals surface area contributed by atoms with Crippen molar-refractivity contribution in [3.05, 3.63) is 59.7 Å². The smallest absolute Gasteiger partial charge is 0.161 e. The number of nitrogens with zero attached hydrogens (tertiary/aromatic N) is 1. The van der Waals surface area contributed by atoms with Gasteiger partial charge in [-0.2, -0.15) is 0 Å². The summed E-state index contributed by atoms with van der Waals surface area (Å²) in [5.41, 5.74) is 2.48. The van der Waals surface area contributed by atoms with E-state index < -0.39 is 0 Å². The van der Waals surface area contributed by atoms with Crippen LogP contribution in [0.1, 0.15) is 18.1 Å². The van der Waals surface area contributed by atoms with E-state index in [1.807, 2.05) is 24.3 Å². The molecule has 0 aromatic heterocycles. The van der Waals surface area contributed by atoms with E-state index in [2.05, 4.69) is 43.1 Å². The van der Waals surface area contributed by atoms with Crippen molar-refractivity contribution in [1.29, 1.82) is 0 Å². The quantitative estimate of drug-likeness (QED) is 0.774. The van der Waals surface area contributed by atoms with Crippen LogP contribution in [0.25, 0.3) is 0 Å². The molecule has 0 saturated carbocycles. The average Bonchev–Trinajstić information content (AvgIpc) is 2.53. The Hall–Kier alpha value is -2.00. The summed E-state index contributed by atoms with van der Waals surface area (Å²) in [6.07, 6.45) is 0. The van der Waals surface area contributed by atoms with Crippen LogP contribution in [0.4, 0.5) is 0 Å². The first-order chi connectivity index (χ1) is 10.2. The van der Waals surface area contributed by atoms with Gasteiger partial charge in [-0.3, -0.25) is 0 Å². The molecule has 0 aliphatic rings. The maximum absolute atomic E-state index is 5.86. The SMILES string of the molecule is CCN(C)Cc1cccc(COc2ccccc2OC)c1. The Kier molecular flexibility index (Phi) is 5.64. The summed E-state index contributed by atoms with van der Waals surface area (Å²) in [5.74, 6) is 1.54. The molecule has 0 heterocycles. The highest BCUT2D eigenvalue weighted by Crippen LogP contribution is 2.26. The topological polar surface area (TPSA) is 21.7 Å². The van der Waals surface area contributed by atoms with Crippen molar-refractivity contribution in [3.8, 4) is 11.5 Å². The molecule has 0 radical (unpaired) electrons. The average molecular weight is 285 g/mol. The Morgan fingerprint density at radius 2 is 1.67 bits per heavy atom. The molecule has 3 nitrogen and oxygen atoms in total. The van der Waals surface area contributed by atoms with Crippen LogP contribution < -0.4 is 9.47 Å². The second kappa shape index (κ2) is 7.70. The van der Waals surface area contributed by atoms with Gasteiger partial charge in [0.05, 0.1) is 7.11 Å². The first-order valence-electron chi connectivity index (χ1n) is 7.25. The van der Waals surface area contributed by atoms with Gasteiger partial charge in [-0.25, -0.2) is 0 Å². The summed E-state index contributed by atoms with van der Waals surface area (Å²) in [7, 11) is 3.78. The Morgan fingerprint density at radius 3 is 2.38 bits per heavy atom. The molecule has 2 aromatic rings. The second-order valence-electron chi connectivity index (χ2n) is 5.09. The zero-order chi connectivity index (χ0) is 15.1. The monoisotopic (exact) mass is 285 g/mol. The predicted octanol–water partition coefficient (Wildman–Crippen LogP) is 3.73. The third kappa shape index (κ3) is 4.50. The summed E-state index contributed by atoms with van der Waals surface area (Å²) in [4.78, 5) is 2.28. The van der Waals surface area contributed by atoms with Gasteiger partial charge in [0.25, 0.3) is 0 Å². The lowest BCUT2D eigenvalue weighted by Gasteiger charge is -2.15. The van der Waals surface area contributed by atoms with Gasteiger partial charge in [-0.15, -0.1) is 0 Å². The highest BCUT2D eigenvalue weighted by molar-refractivity contribution is 5.39. The minimum absolute atomic E-state index is 0.546. The number of rotatable bonds is 7. The maximum Gasteiger partial charge on any atom is 0.161 e. The van der Waals surface area contributed by atoms with Crippen LogP contribution in [0.2, 0.25) is 0 Å². The molecule has 2 aromatic carbocycles. The molecule has 0 saturated heterocycles. The lowest BCUT2D eigenvalue weighted by Crippen LogP contribution is -2.16. The summed E-state index contributed by atoms with van der Waals surface area (Å²) in [6, 6.07) is 16.2. The summed E-state index contributed by atoms with van der Waals surface area (Å²) < 4.78 is 11.2. The molecule has 0 N–H and O–H groups in total. The highest BCUT2D eigenvalue weighted by atomic mass is 16.5. The Morgan fingerprint density at radius 1 is 0.952 bits per heavy atom. The molecule has 0 atom stereocenters. The molecule has 0 unspecified atom stereocenters. The molecular weight excluding hydrogens is 262 g/mol. The third-order valence-corrected chi connectivity index (χ3v) is 3.45. The molecule has 3 heteroatoms. The number of benzene rings is 2.